The molecule has 0 radical (unpaired) electrons. The Morgan fingerprint density at radius 2 is 1.97 bits per heavy atom. The summed E-state index contributed by atoms with van der Waals surface area (Å²) in [4.78, 5) is 13.6. The van der Waals surface area contributed by atoms with Gasteiger partial charge in [0.2, 0.25) is 0 Å². The van der Waals surface area contributed by atoms with Crippen molar-refractivity contribution in [2.24, 2.45) is 21.5 Å². The average molecular weight is 486 g/mol. The molecule has 3 heterocycles. The summed E-state index contributed by atoms with van der Waals surface area (Å²) in [5, 5.41) is 11.6. The van der Waals surface area contributed by atoms with Crippen molar-refractivity contribution >= 4 is 29.0 Å². The van der Waals surface area contributed by atoms with Gasteiger partial charge < -0.3 is 30.8 Å². The maximum Gasteiger partial charge on any atom is 0.184 e. The van der Waals surface area contributed by atoms with Crippen LogP contribution in [0.3, 0.4) is 0 Å². The highest BCUT2D eigenvalue weighted by molar-refractivity contribution is 6.30. The molecule has 180 valence electrons. The number of nitrogens with zero attached hydrogens (tertiary/aromatic N) is 3. The van der Waals surface area contributed by atoms with Crippen LogP contribution in [0.15, 0.2) is 52.6 Å². The van der Waals surface area contributed by atoms with Crippen molar-refractivity contribution < 1.29 is 19.3 Å². The highest BCUT2D eigenvalue weighted by Gasteiger charge is 2.49. The minimum Gasteiger partial charge on any atom is -0.388 e. The zero-order chi connectivity index (χ0) is 23.8. The van der Waals surface area contributed by atoms with Gasteiger partial charge in [0.25, 0.3) is 0 Å². The van der Waals surface area contributed by atoms with Crippen LogP contribution >= 0.6 is 11.6 Å². The number of nitrogens with two attached hydrogens (primary N) is 2. The van der Waals surface area contributed by atoms with E-state index in [1.165, 1.54) is 0 Å². The second-order valence-electron chi connectivity index (χ2n) is 8.90. The molecule has 0 amide bonds. The number of hydrogen-bond donors (Lipinski definition) is 3. The molecule has 5 rings (SSSR count). The van der Waals surface area contributed by atoms with Gasteiger partial charge in [-0.2, -0.15) is 0 Å². The number of aliphatic imine (C=N–C) groups is 2. The number of aliphatic hydroxyl groups is 1. The lowest BCUT2D eigenvalue weighted by atomic mass is 9.91. The molecule has 0 spiro atoms. The van der Waals surface area contributed by atoms with Crippen LogP contribution in [0.2, 0.25) is 5.02 Å². The molecule has 1 aromatic carbocycles. The zero-order valence-corrected chi connectivity index (χ0v) is 19.5. The van der Waals surface area contributed by atoms with Gasteiger partial charge in [0, 0.05) is 17.7 Å². The van der Waals surface area contributed by atoms with E-state index in [4.69, 9.17) is 42.3 Å². The minimum absolute atomic E-state index is 0.206. The first-order valence-electron chi connectivity index (χ1n) is 11.4. The number of aliphatic hydroxyl groups excluding tert-OH is 1. The average Bonchev–Trinajstić information content (AvgIpc) is 3.66. The number of ether oxygens (including phenoxy) is 3. The van der Waals surface area contributed by atoms with Gasteiger partial charge in [-0.05, 0) is 25.8 Å². The lowest BCUT2D eigenvalue weighted by molar-refractivity contribution is -0.299. The monoisotopic (exact) mass is 485 g/mol. The smallest absolute Gasteiger partial charge is 0.184 e. The van der Waals surface area contributed by atoms with Crippen LogP contribution < -0.4 is 11.5 Å². The molecule has 6 unspecified atom stereocenters. The third-order valence-corrected chi connectivity index (χ3v) is 6.35. The number of pyridine rings is 1. The number of hydrogen-bond acceptors (Lipinski definition) is 7. The molecule has 0 bridgehead atoms. The normalized spacial score (nSPS) is 32.4. The largest absolute Gasteiger partial charge is 0.388 e. The van der Waals surface area contributed by atoms with Gasteiger partial charge in [0.05, 0.1) is 34.9 Å². The second-order valence-corrected chi connectivity index (χ2v) is 9.33. The van der Waals surface area contributed by atoms with Crippen LogP contribution in [-0.2, 0) is 14.2 Å². The SMILES string of the molecule is CC(N)=NC(=Nc1cc(Cl)cnc1C1CC1)C1OC2COC(c3ccccc3)OC2C(N)C1O. The van der Waals surface area contributed by atoms with E-state index in [0.717, 1.165) is 24.1 Å². The Labute approximate surface area is 202 Å². The van der Waals surface area contributed by atoms with Crippen LogP contribution in [0.4, 0.5) is 5.69 Å². The number of fused-ring (bicyclic) bond motifs is 1. The summed E-state index contributed by atoms with van der Waals surface area (Å²) in [6.07, 6.45) is -0.0309. The Kier molecular flexibility index (Phi) is 6.65. The van der Waals surface area contributed by atoms with Crippen molar-refractivity contribution in [1.82, 2.24) is 4.98 Å². The van der Waals surface area contributed by atoms with Gasteiger partial charge in [0.1, 0.15) is 24.4 Å². The van der Waals surface area contributed by atoms with Crippen molar-refractivity contribution in [1.29, 1.82) is 0 Å². The maximum atomic E-state index is 11.1. The number of benzene rings is 1. The maximum absolute atomic E-state index is 11.1. The fourth-order valence-electron chi connectivity index (χ4n) is 4.32. The fourth-order valence-corrected chi connectivity index (χ4v) is 4.47. The van der Waals surface area contributed by atoms with E-state index in [-0.39, 0.29) is 18.3 Å². The molecular formula is C24H28ClN5O4. The third-order valence-electron chi connectivity index (χ3n) is 6.14. The Hall–Kier alpha value is -2.40. The van der Waals surface area contributed by atoms with Crippen molar-refractivity contribution in [2.75, 3.05) is 6.61 Å². The highest BCUT2D eigenvalue weighted by Crippen LogP contribution is 2.44. The summed E-state index contributed by atoms with van der Waals surface area (Å²) in [5.41, 5.74) is 14.7. The Morgan fingerprint density at radius 1 is 1.21 bits per heavy atom. The van der Waals surface area contributed by atoms with Crippen LogP contribution in [-0.4, -0.2) is 58.8 Å². The van der Waals surface area contributed by atoms with E-state index in [9.17, 15) is 5.11 Å². The molecule has 6 atom stereocenters. The fraction of sp³-hybridized carbons (Fsp3) is 0.458. The lowest BCUT2D eigenvalue weighted by Gasteiger charge is -2.47. The minimum atomic E-state index is -1.13. The first-order chi connectivity index (χ1) is 16.4. The molecule has 9 nitrogen and oxygen atoms in total. The quantitative estimate of drug-likeness (QED) is 0.447. The summed E-state index contributed by atoms with van der Waals surface area (Å²) in [7, 11) is 0. The van der Waals surface area contributed by atoms with Gasteiger partial charge in [-0.25, -0.2) is 9.98 Å². The molecule has 1 saturated carbocycles. The second kappa shape index (κ2) is 9.69. The van der Waals surface area contributed by atoms with Crippen molar-refractivity contribution in [3.63, 3.8) is 0 Å². The first kappa shape index (κ1) is 23.3. The summed E-state index contributed by atoms with van der Waals surface area (Å²) in [5.74, 6) is 0.810. The molecule has 2 aliphatic heterocycles. The molecule has 34 heavy (non-hydrogen) atoms. The molecular weight excluding hydrogens is 458 g/mol. The first-order valence-corrected chi connectivity index (χ1v) is 11.7. The Bertz CT molecular complexity index is 1090. The van der Waals surface area contributed by atoms with E-state index in [1.807, 2.05) is 30.3 Å². The van der Waals surface area contributed by atoms with Gasteiger partial charge in [-0.1, -0.05) is 41.9 Å². The summed E-state index contributed by atoms with van der Waals surface area (Å²) < 4.78 is 18.2. The third kappa shape index (κ3) is 4.86. The standard InChI is InChI=1S/C24H28ClN5O4/c1-12(26)29-23(30-16-9-15(25)10-28-19(16)13-7-8-13)22-20(31)18(27)21-17(33-22)11-32-24(34-21)14-5-3-2-4-6-14/h2-6,9-10,13,17-18,20-22,24,31H,7-8,11,27H2,1H3,(H2,26,29,30). The number of amidine groups is 2. The van der Waals surface area contributed by atoms with Gasteiger partial charge in [-0.3, -0.25) is 4.98 Å². The van der Waals surface area contributed by atoms with E-state index in [1.54, 1.807) is 19.2 Å². The van der Waals surface area contributed by atoms with Crippen molar-refractivity contribution in [2.45, 2.75) is 62.4 Å². The van der Waals surface area contributed by atoms with E-state index in [0.29, 0.717) is 16.6 Å². The highest BCUT2D eigenvalue weighted by atomic mass is 35.5. The van der Waals surface area contributed by atoms with Crippen LogP contribution in [0.5, 0.6) is 0 Å². The Balaban J connectivity index is 1.43. The predicted octanol–water partition coefficient (Wildman–Crippen LogP) is 2.59. The number of halogens is 1. The predicted molar refractivity (Wildman–Crippen MR) is 128 cm³/mol. The van der Waals surface area contributed by atoms with Crippen LogP contribution in [0, 0.1) is 0 Å². The van der Waals surface area contributed by atoms with Gasteiger partial charge in [-0.15, -0.1) is 0 Å². The molecule has 2 saturated heterocycles. The summed E-state index contributed by atoms with van der Waals surface area (Å²) in [6, 6.07) is 10.6. The molecule has 3 aliphatic rings. The van der Waals surface area contributed by atoms with E-state index < -0.39 is 36.7 Å². The molecule has 5 N–H and O–H groups in total. The lowest BCUT2D eigenvalue weighted by Crippen LogP contribution is -2.66. The molecule has 10 heteroatoms. The summed E-state index contributed by atoms with van der Waals surface area (Å²) >= 11 is 6.20. The van der Waals surface area contributed by atoms with Crippen molar-refractivity contribution in [3.05, 3.63) is 58.9 Å². The Morgan fingerprint density at radius 3 is 2.68 bits per heavy atom. The molecule has 2 aromatic rings. The summed E-state index contributed by atoms with van der Waals surface area (Å²) in [6.45, 7) is 1.88. The number of rotatable bonds is 4. The molecule has 1 aliphatic carbocycles. The molecule has 1 aromatic heterocycles. The van der Waals surface area contributed by atoms with E-state index in [2.05, 4.69) is 9.98 Å². The van der Waals surface area contributed by atoms with Crippen LogP contribution in [0.1, 0.15) is 43.2 Å². The van der Waals surface area contributed by atoms with E-state index >= 15 is 0 Å². The molecule has 3 fully saturated rings. The zero-order valence-electron chi connectivity index (χ0n) is 18.8. The van der Waals surface area contributed by atoms with Gasteiger partial charge in [0.15, 0.2) is 12.1 Å². The van der Waals surface area contributed by atoms with Crippen LogP contribution in [0.25, 0.3) is 0 Å². The number of aromatic nitrogens is 1. The topological polar surface area (TPSA) is 138 Å². The van der Waals surface area contributed by atoms with Gasteiger partial charge >= 0.3 is 0 Å². The van der Waals surface area contributed by atoms with Crippen molar-refractivity contribution in [3.8, 4) is 0 Å².